The van der Waals surface area contributed by atoms with Gasteiger partial charge in [0, 0.05) is 0 Å². The average molecular weight is 293 g/mol. The van der Waals surface area contributed by atoms with Crippen LogP contribution in [0.5, 0.6) is 5.75 Å². The van der Waals surface area contributed by atoms with Gasteiger partial charge in [0.1, 0.15) is 24.0 Å². The van der Waals surface area contributed by atoms with E-state index in [1.807, 2.05) is 0 Å². The molecular formula is C15H14ClFN2O. The minimum Gasteiger partial charge on any atom is -0.489 e. The number of hydrogen-bond acceptors (Lipinski definition) is 2. The van der Waals surface area contributed by atoms with Crippen molar-refractivity contribution >= 4 is 23.1 Å². The lowest BCUT2D eigenvalue weighted by Crippen LogP contribution is -2.12. The molecule has 104 valence electrons. The van der Waals surface area contributed by atoms with Crippen molar-refractivity contribution in [3.05, 3.63) is 59.9 Å². The monoisotopic (exact) mass is 292 g/mol. The summed E-state index contributed by atoms with van der Waals surface area (Å²) in [6, 6.07) is 13.4. The van der Waals surface area contributed by atoms with E-state index in [1.54, 1.807) is 36.4 Å². The first-order chi connectivity index (χ1) is 9.67. The summed E-state index contributed by atoms with van der Waals surface area (Å²) in [7, 11) is 0. The van der Waals surface area contributed by atoms with E-state index in [1.165, 1.54) is 12.1 Å². The minimum absolute atomic E-state index is 0.197. The van der Waals surface area contributed by atoms with Crippen LogP contribution in [0.2, 0.25) is 0 Å². The Hall–Kier alpha value is -2.07. The van der Waals surface area contributed by atoms with Gasteiger partial charge in [-0.2, -0.15) is 0 Å². The number of hydrogen-bond donors (Lipinski definition) is 1. The van der Waals surface area contributed by atoms with Crippen LogP contribution in [0.25, 0.3) is 0 Å². The molecule has 0 radical (unpaired) electrons. The Balaban J connectivity index is 1.95. The number of nitrogens with zero attached hydrogens (tertiary/aromatic N) is 1. The first-order valence-electron chi connectivity index (χ1n) is 6.03. The second-order valence-electron chi connectivity index (χ2n) is 4.15. The van der Waals surface area contributed by atoms with E-state index in [9.17, 15) is 4.39 Å². The van der Waals surface area contributed by atoms with E-state index in [0.717, 1.165) is 11.3 Å². The summed E-state index contributed by atoms with van der Waals surface area (Å²) in [6.07, 6.45) is 0. The van der Waals surface area contributed by atoms with E-state index in [2.05, 4.69) is 4.99 Å². The number of aliphatic imine (C=N–C) groups is 1. The predicted molar refractivity (Wildman–Crippen MR) is 79.2 cm³/mol. The smallest absolute Gasteiger partial charge is 0.123 e. The molecular weight excluding hydrogens is 279 g/mol. The Morgan fingerprint density at radius 2 is 1.75 bits per heavy atom. The zero-order chi connectivity index (χ0) is 14.4. The van der Waals surface area contributed by atoms with Crippen LogP contribution < -0.4 is 10.5 Å². The maximum atomic E-state index is 12.8. The van der Waals surface area contributed by atoms with Crippen molar-refractivity contribution in [2.24, 2.45) is 10.7 Å². The highest BCUT2D eigenvalue weighted by atomic mass is 35.5. The Morgan fingerprint density at radius 1 is 1.10 bits per heavy atom. The molecule has 20 heavy (non-hydrogen) atoms. The molecule has 0 saturated carbocycles. The molecule has 2 rings (SSSR count). The molecule has 5 heteroatoms. The number of ether oxygens (including phenoxy) is 1. The van der Waals surface area contributed by atoms with E-state index >= 15 is 0 Å². The average Bonchev–Trinajstić information content (AvgIpc) is 2.48. The van der Waals surface area contributed by atoms with Gasteiger partial charge in [0.15, 0.2) is 0 Å². The lowest BCUT2D eigenvalue weighted by atomic mass is 10.2. The second-order valence-corrected chi connectivity index (χ2v) is 4.41. The molecule has 2 aromatic rings. The summed E-state index contributed by atoms with van der Waals surface area (Å²) in [5, 5.41) is 0. The molecule has 2 aromatic carbocycles. The summed E-state index contributed by atoms with van der Waals surface area (Å²) >= 11 is 5.55. The number of alkyl halides is 1. The van der Waals surface area contributed by atoms with Crippen molar-refractivity contribution in [1.29, 1.82) is 0 Å². The van der Waals surface area contributed by atoms with Gasteiger partial charge in [-0.3, -0.25) is 0 Å². The quantitative estimate of drug-likeness (QED) is 0.520. The van der Waals surface area contributed by atoms with Crippen molar-refractivity contribution in [3.8, 4) is 5.75 Å². The van der Waals surface area contributed by atoms with Crippen molar-refractivity contribution in [3.63, 3.8) is 0 Å². The minimum atomic E-state index is -0.257. The van der Waals surface area contributed by atoms with Crippen LogP contribution in [0, 0.1) is 5.82 Å². The highest BCUT2D eigenvalue weighted by Crippen LogP contribution is 2.19. The van der Waals surface area contributed by atoms with Gasteiger partial charge in [-0.1, -0.05) is 12.1 Å². The normalized spacial score (nSPS) is 11.4. The Morgan fingerprint density at radius 3 is 2.35 bits per heavy atom. The highest BCUT2D eigenvalue weighted by Gasteiger charge is 1.98. The molecule has 0 heterocycles. The summed E-state index contributed by atoms with van der Waals surface area (Å²) in [4.78, 5) is 4.11. The molecule has 2 N–H and O–H groups in total. The lowest BCUT2D eigenvalue weighted by Gasteiger charge is -2.06. The number of halogens is 2. The van der Waals surface area contributed by atoms with E-state index in [-0.39, 0.29) is 11.7 Å². The van der Waals surface area contributed by atoms with Crippen LogP contribution in [-0.4, -0.2) is 11.7 Å². The molecule has 0 aliphatic rings. The van der Waals surface area contributed by atoms with Crippen molar-refractivity contribution in [2.45, 2.75) is 6.61 Å². The van der Waals surface area contributed by atoms with Gasteiger partial charge in [0.05, 0.1) is 11.6 Å². The molecule has 0 atom stereocenters. The van der Waals surface area contributed by atoms with E-state index in [0.29, 0.717) is 18.2 Å². The fourth-order valence-corrected chi connectivity index (χ4v) is 1.62. The van der Waals surface area contributed by atoms with Gasteiger partial charge in [-0.05, 0) is 42.0 Å². The standard InChI is InChI=1S/C15H14ClFN2O/c16-9-15(18)19-13-5-7-14(8-6-13)20-10-11-1-3-12(17)4-2-11/h1-8H,9-10H2,(H2,18,19). The summed E-state index contributed by atoms with van der Waals surface area (Å²) in [6.45, 7) is 0.382. The van der Waals surface area contributed by atoms with Crippen LogP contribution >= 0.6 is 11.6 Å². The molecule has 0 spiro atoms. The van der Waals surface area contributed by atoms with Crippen molar-refractivity contribution < 1.29 is 9.13 Å². The molecule has 0 aromatic heterocycles. The highest BCUT2D eigenvalue weighted by molar-refractivity contribution is 6.28. The van der Waals surface area contributed by atoms with Crippen molar-refractivity contribution in [2.75, 3.05) is 5.88 Å². The molecule has 0 saturated heterocycles. The first kappa shape index (κ1) is 14.3. The van der Waals surface area contributed by atoms with Gasteiger partial charge in [-0.25, -0.2) is 9.38 Å². The number of amidine groups is 1. The van der Waals surface area contributed by atoms with Crippen LogP contribution in [0.1, 0.15) is 5.56 Å². The van der Waals surface area contributed by atoms with Gasteiger partial charge >= 0.3 is 0 Å². The van der Waals surface area contributed by atoms with Crippen LogP contribution in [0.4, 0.5) is 10.1 Å². The third-order valence-electron chi connectivity index (χ3n) is 2.57. The molecule has 0 amide bonds. The van der Waals surface area contributed by atoms with Gasteiger partial charge < -0.3 is 10.5 Å². The zero-order valence-electron chi connectivity index (χ0n) is 10.7. The fourth-order valence-electron chi connectivity index (χ4n) is 1.56. The number of rotatable bonds is 5. The molecule has 0 bridgehead atoms. The maximum Gasteiger partial charge on any atom is 0.123 e. The molecule has 0 aliphatic carbocycles. The molecule has 0 aliphatic heterocycles. The summed E-state index contributed by atoms with van der Waals surface area (Å²) in [5.41, 5.74) is 7.17. The van der Waals surface area contributed by atoms with Crippen molar-refractivity contribution in [1.82, 2.24) is 0 Å². The van der Waals surface area contributed by atoms with Gasteiger partial charge in [0.25, 0.3) is 0 Å². The Labute approximate surface area is 121 Å². The fraction of sp³-hybridized carbons (Fsp3) is 0.133. The van der Waals surface area contributed by atoms with Gasteiger partial charge in [-0.15, -0.1) is 11.6 Å². The molecule has 3 nitrogen and oxygen atoms in total. The third-order valence-corrected chi connectivity index (χ3v) is 2.84. The van der Waals surface area contributed by atoms with E-state index in [4.69, 9.17) is 22.1 Å². The predicted octanol–water partition coefficient (Wildman–Crippen LogP) is 3.63. The Bertz CT molecular complexity index is 582. The third kappa shape index (κ3) is 4.24. The molecule has 0 fully saturated rings. The summed E-state index contributed by atoms with van der Waals surface area (Å²) in [5.74, 6) is 1.01. The number of nitrogens with two attached hydrogens (primary N) is 1. The maximum absolute atomic E-state index is 12.8. The van der Waals surface area contributed by atoms with Crippen LogP contribution in [0.15, 0.2) is 53.5 Å². The van der Waals surface area contributed by atoms with Crippen LogP contribution in [0.3, 0.4) is 0 Å². The van der Waals surface area contributed by atoms with Crippen LogP contribution in [-0.2, 0) is 6.61 Å². The topological polar surface area (TPSA) is 47.6 Å². The first-order valence-corrected chi connectivity index (χ1v) is 6.57. The Kier molecular flexibility index (Phi) is 4.96. The number of benzene rings is 2. The second kappa shape index (κ2) is 6.91. The zero-order valence-corrected chi connectivity index (χ0v) is 11.5. The lowest BCUT2D eigenvalue weighted by molar-refractivity contribution is 0.306. The van der Waals surface area contributed by atoms with Gasteiger partial charge in [0.2, 0.25) is 0 Å². The van der Waals surface area contributed by atoms with E-state index < -0.39 is 0 Å². The largest absolute Gasteiger partial charge is 0.489 e. The molecule has 0 unspecified atom stereocenters. The summed E-state index contributed by atoms with van der Waals surface area (Å²) < 4.78 is 18.3. The SMILES string of the molecule is NC(CCl)=Nc1ccc(OCc2ccc(F)cc2)cc1.